The molecule has 4 heteroatoms. The molecule has 0 bridgehead atoms. The average Bonchev–Trinajstić information content (AvgIpc) is 2.65. The van der Waals surface area contributed by atoms with Crippen LogP contribution in [0.25, 0.3) is 0 Å². The Morgan fingerprint density at radius 2 is 1.85 bits per heavy atom. The number of nitrogens with one attached hydrogen (secondary N) is 1. The summed E-state index contributed by atoms with van der Waals surface area (Å²) in [6.45, 7) is 8.18. The molecule has 0 aromatic heterocycles. The number of benzene rings is 2. The van der Waals surface area contributed by atoms with Crippen molar-refractivity contribution in [1.29, 1.82) is 0 Å². The van der Waals surface area contributed by atoms with Crippen LogP contribution in [0.1, 0.15) is 55.5 Å². The van der Waals surface area contributed by atoms with Crippen LogP contribution in [0.3, 0.4) is 0 Å². The van der Waals surface area contributed by atoms with Gasteiger partial charge in [0, 0.05) is 19.5 Å². The molecule has 0 saturated heterocycles. The van der Waals surface area contributed by atoms with Gasteiger partial charge >= 0.3 is 0 Å². The van der Waals surface area contributed by atoms with Crippen LogP contribution in [0.4, 0.5) is 0 Å². The van der Waals surface area contributed by atoms with Crippen LogP contribution in [0.5, 0.6) is 0 Å². The van der Waals surface area contributed by atoms with Crippen LogP contribution in [-0.4, -0.2) is 29.1 Å². The molecule has 1 aliphatic heterocycles. The second-order valence-electron chi connectivity index (χ2n) is 8.04. The highest BCUT2D eigenvalue weighted by atomic mass is 16.5. The fraction of sp³-hybridized carbons (Fsp3) is 0.409. The lowest BCUT2D eigenvalue weighted by Gasteiger charge is -2.38. The molecule has 26 heavy (non-hydrogen) atoms. The molecule has 4 nitrogen and oxygen atoms in total. The van der Waals surface area contributed by atoms with E-state index in [-0.39, 0.29) is 23.8 Å². The maximum absolute atomic E-state index is 11.5. The Morgan fingerprint density at radius 1 is 1.15 bits per heavy atom. The number of carbonyl (C=O) groups excluding carboxylic acids is 1. The molecule has 2 N–H and O–H groups in total. The first kappa shape index (κ1) is 18.6. The lowest BCUT2D eigenvalue weighted by molar-refractivity contribution is -0.129. The lowest BCUT2D eigenvalue weighted by Crippen LogP contribution is -2.38. The highest BCUT2D eigenvalue weighted by Crippen LogP contribution is 2.36. The second kappa shape index (κ2) is 7.60. The fourth-order valence-corrected chi connectivity index (χ4v) is 3.72. The van der Waals surface area contributed by atoms with E-state index in [9.17, 15) is 4.79 Å². The summed E-state index contributed by atoms with van der Waals surface area (Å²) in [5, 5.41) is 8.79. The number of rotatable bonds is 4. The van der Waals surface area contributed by atoms with E-state index in [4.69, 9.17) is 5.21 Å². The van der Waals surface area contributed by atoms with Gasteiger partial charge in [0.25, 0.3) is 0 Å². The van der Waals surface area contributed by atoms with E-state index in [1.165, 1.54) is 22.3 Å². The fourth-order valence-electron chi connectivity index (χ4n) is 3.72. The first-order valence-corrected chi connectivity index (χ1v) is 9.25. The van der Waals surface area contributed by atoms with Gasteiger partial charge in [0.1, 0.15) is 0 Å². The number of hydrogen-bond donors (Lipinski definition) is 2. The van der Waals surface area contributed by atoms with E-state index in [1.807, 2.05) is 0 Å². The van der Waals surface area contributed by atoms with Crippen molar-refractivity contribution in [2.75, 3.05) is 13.1 Å². The first-order chi connectivity index (χ1) is 12.4. The summed E-state index contributed by atoms with van der Waals surface area (Å²) >= 11 is 0. The van der Waals surface area contributed by atoms with Gasteiger partial charge in [-0.25, -0.2) is 5.48 Å². The van der Waals surface area contributed by atoms with Gasteiger partial charge < -0.3 is 0 Å². The van der Waals surface area contributed by atoms with Crippen molar-refractivity contribution in [2.24, 2.45) is 0 Å². The topological polar surface area (TPSA) is 52.6 Å². The first-order valence-electron chi connectivity index (χ1n) is 9.25. The van der Waals surface area contributed by atoms with Gasteiger partial charge in [-0.05, 0) is 34.1 Å². The summed E-state index contributed by atoms with van der Waals surface area (Å²) in [5.41, 5.74) is 7.11. The number of hydroxylamine groups is 1. The molecule has 0 radical (unpaired) electrons. The molecule has 1 aliphatic rings. The zero-order valence-electron chi connectivity index (χ0n) is 15.8. The Kier molecular flexibility index (Phi) is 5.44. The van der Waals surface area contributed by atoms with Crippen molar-refractivity contribution < 1.29 is 10.0 Å². The molecular formula is C22H28N2O2. The van der Waals surface area contributed by atoms with Gasteiger partial charge in [-0.15, -0.1) is 0 Å². The van der Waals surface area contributed by atoms with Crippen LogP contribution >= 0.6 is 0 Å². The second-order valence-corrected chi connectivity index (χ2v) is 8.04. The number of carbonyl (C=O) groups is 1. The minimum atomic E-state index is -0.342. The zero-order chi connectivity index (χ0) is 18.7. The molecule has 1 amide bonds. The van der Waals surface area contributed by atoms with Crippen LogP contribution in [0, 0.1) is 0 Å². The number of fused-ring (bicyclic) bond motifs is 1. The molecule has 2 aromatic rings. The summed E-state index contributed by atoms with van der Waals surface area (Å²) in [7, 11) is 0. The van der Waals surface area contributed by atoms with E-state index in [1.54, 1.807) is 5.48 Å². The smallest absolute Gasteiger partial charge is 0.244 e. The third-order valence-electron chi connectivity index (χ3n) is 5.23. The SMILES string of the molecule is CC(C)(C)c1ccc(C2c3ccccc3CCN2CCC(=O)NO)cc1. The summed E-state index contributed by atoms with van der Waals surface area (Å²) in [4.78, 5) is 13.8. The van der Waals surface area contributed by atoms with Crippen molar-refractivity contribution in [3.05, 3.63) is 70.8 Å². The summed E-state index contributed by atoms with van der Waals surface area (Å²) in [5.74, 6) is -0.342. The summed E-state index contributed by atoms with van der Waals surface area (Å²) in [6.07, 6.45) is 1.27. The normalized spacial score (nSPS) is 17.6. The molecule has 1 heterocycles. The van der Waals surface area contributed by atoms with E-state index >= 15 is 0 Å². The van der Waals surface area contributed by atoms with Gasteiger partial charge in [-0.1, -0.05) is 69.3 Å². The molecule has 0 spiro atoms. The Morgan fingerprint density at radius 3 is 2.50 bits per heavy atom. The molecule has 0 aliphatic carbocycles. The number of amides is 1. The third kappa shape index (κ3) is 3.97. The summed E-state index contributed by atoms with van der Waals surface area (Å²) < 4.78 is 0. The molecule has 3 rings (SSSR count). The minimum absolute atomic E-state index is 0.127. The van der Waals surface area contributed by atoms with Crippen molar-refractivity contribution in [3.63, 3.8) is 0 Å². The van der Waals surface area contributed by atoms with Crippen molar-refractivity contribution in [3.8, 4) is 0 Å². The van der Waals surface area contributed by atoms with Crippen molar-refractivity contribution in [2.45, 2.75) is 45.1 Å². The van der Waals surface area contributed by atoms with Crippen molar-refractivity contribution >= 4 is 5.91 Å². The van der Waals surface area contributed by atoms with E-state index in [0.29, 0.717) is 6.54 Å². The quantitative estimate of drug-likeness (QED) is 0.649. The Hall–Kier alpha value is -2.17. The standard InChI is InChI=1S/C22H28N2O2/c1-22(2,3)18-10-8-17(9-11-18)21-19-7-5-4-6-16(19)12-14-24(21)15-13-20(25)23-26/h4-11,21,26H,12-15H2,1-3H3,(H,23,25). The lowest BCUT2D eigenvalue weighted by atomic mass is 9.84. The predicted molar refractivity (Wildman–Crippen MR) is 103 cm³/mol. The molecular weight excluding hydrogens is 324 g/mol. The molecule has 2 aromatic carbocycles. The average molecular weight is 352 g/mol. The number of nitrogens with zero attached hydrogens (tertiary/aromatic N) is 1. The van der Waals surface area contributed by atoms with Crippen LogP contribution in [0.2, 0.25) is 0 Å². The third-order valence-corrected chi connectivity index (χ3v) is 5.23. The maximum atomic E-state index is 11.5. The van der Waals surface area contributed by atoms with Crippen LogP contribution in [0.15, 0.2) is 48.5 Å². The zero-order valence-corrected chi connectivity index (χ0v) is 15.8. The van der Waals surface area contributed by atoms with Crippen LogP contribution < -0.4 is 5.48 Å². The highest BCUT2D eigenvalue weighted by Gasteiger charge is 2.29. The molecule has 1 atom stereocenters. The number of hydrogen-bond acceptors (Lipinski definition) is 3. The van der Waals surface area contributed by atoms with Gasteiger partial charge in [0.2, 0.25) is 5.91 Å². The molecule has 138 valence electrons. The Labute approximate surface area is 155 Å². The highest BCUT2D eigenvalue weighted by molar-refractivity contribution is 5.74. The Bertz CT molecular complexity index is 762. The van der Waals surface area contributed by atoms with Gasteiger partial charge in [-0.3, -0.25) is 14.9 Å². The van der Waals surface area contributed by atoms with Crippen LogP contribution in [-0.2, 0) is 16.6 Å². The Balaban J connectivity index is 1.93. The van der Waals surface area contributed by atoms with Gasteiger partial charge in [0.15, 0.2) is 0 Å². The minimum Gasteiger partial charge on any atom is -0.292 e. The molecule has 0 fully saturated rings. The van der Waals surface area contributed by atoms with E-state index in [2.05, 4.69) is 74.2 Å². The van der Waals surface area contributed by atoms with Gasteiger partial charge in [0.05, 0.1) is 6.04 Å². The monoisotopic (exact) mass is 352 g/mol. The van der Waals surface area contributed by atoms with Crippen molar-refractivity contribution in [1.82, 2.24) is 10.4 Å². The maximum Gasteiger partial charge on any atom is 0.244 e. The summed E-state index contributed by atoms with van der Waals surface area (Å²) in [6, 6.07) is 17.6. The molecule has 1 unspecified atom stereocenters. The largest absolute Gasteiger partial charge is 0.292 e. The van der Waals surface area contributed by atoms with Gasteiger partial charge in [-0.2, -0.15) is 0 Å². The molecule has 0 saturated carbocycles. The predicted octanol–water partition coefficient (Wildman–Crippen LogP) is 3.83. The van der Waals surface area contributed by atoms with E-state index < -0.39 is 0 Å². The van der Waals surface area contributed by atoms with E-state index in [0.717, 1.165) is 13.0 Å².